The second-order valence-electron chi connectivity index (χ2n) is 9.27. The van der Waals surface area contributed by atoms with Gasteiger partial charge in [-0.2, -0.15) is 0 Å². The number of carbonyl (C=O) groups is 1. The molecule has 0 heterocycles. The van der Waals surface area contributed by atoms with E-state index >= 15 is 0 Å². The van der Waals surface area contributed by atoms with Gasteiger partial charge in [0, 0.05) is 18.1 Å². The van der Waals surface area contributed by atoms with Gasteiger partial charge < -0.3 is 4.74 Å². The maximum atomic E-state index is 13.1. The van der Waals surface area contributed by atoms with Gasteiger partial charge in [0.2, 0.25) is 0 Å². The molecule has 6 heteroatoms. The van der Waals surface area contributed by atoms with Crippen LogP contribution in [0.5, 0.6) is 0 Å². The smallest absolute Gasteiger partial charge is 0.313 e. The summed E-state index contributed by atoms with van der Waals surface area (Å²) >= 11 is 6.25. The number of halogens is 1. The minimum absolute atomic E-state index is 0.0971. The van der Waals surface area contributed by atoms with E-state index in [0.717, 1.165) is 19.3 Å². The average molecular weight is 444 g/mol. The number of rotatable bonds is 6. The molecule has 1 saturated carbocycles. The molecule has 0 amide bonds. The van der Waals surface area contributed by atoms with Gasteiger partial charge in [-0.25, -0.2) is 0 Å². The van der Waals surface area contributed by atoms with E-state index < -0.39 is 10.8 Å². The van der Waals surface area contributed by atoms with Gasteiger partial charge in [0.1, 0.15) is 6.10 Å². The molecule has 0 bridgehead atoms. The first kappa shape index (κ1) is 23.3. The molecule has 0 aliphatic heterocycles. The van der Waals surface area contributed by atoms with E-state index in [2.05, 4.69) is 32.9 Å². The van der Waals surface area contributed by atoms with Crippen LogP contribution in [0.1, 0.15) is 64.0 Å². The van der Waals surface area contributed by atoms with Crippen LogP contribution in [0.2, 0.25) is 5.02 Å². The summed E-state index contributed by atoms with van der Waals surface area (Å²) in [7, 11) is 0. The van der Waals surface area contributed by atoms with Gasteiger partial charge in [0.25, 0.3) is 5.69 Å². The lowest BCUT2D eigenvalue weighted by Crippen LogP contribution is -2.44. The number of esters is 1. The van der Waals surface area contributed by atoms with Gasteiger partial charge >= 0.3 is 5.97 Å². The highest BCUT2D eigenvalue weighted by molar-refractivity contribution is 6.31. The molecule has 0 unspecified atom stereocenters. The van der Waals surface area contributed by atoms with Gasteiger partial charge in [-0.1, -0.05) is 69.1 Å². The predicted molar refractivity (Wildman–Crippen MR) is 122 cm³/mol. The van der Waals surface area contributed by atoms with Crippen LogP contribution in [0.25, 0.3) is 0 Å². The lowest BCUT2D eigenvalue weighted by Gasteiger charge is -2.44. The van der Waals surface area contributed by atoms with Crippen LogP contribution in [-0.4, -0.2) is 17.0 Å². The zero-order valence-corrected chi connectivity index (χ0v) is 19.3. The van der Waals surface area contributed by atoms with Crippen molar-refractivity contribution in [3.8, 4) is 0 Å². The van der Waals surface area contributed by atoms with Crippen molar-refractivity contribution in [2.24, 2.45) is 11.8 Å². The predicted octanol–water partition coefficient (Wildman–Crippen LogP) is 6.68. The first-order chi connectivity index (χ1) is 14.6. The number of carbonyl (C=O) groups excluding carboxylic acids is 1. The number of hydrogen-bond acceptors (Lipinski definition) is 4. The van der Waals surface area contributed by atoms with E-state index in [9.17, 15) is 14.9 Å². The molecule has 0 N–H and O–H groups in total. The second kappa shape index (κ2) is 9.39. The van der Waals surface area contributed by atoms with Crippen LogP contribution in [0.15, 0.2) is 48.5 Å². The SMILES string of the molecule is C[C@@H]1CC[C@@H](C(C)(C)c2ccccc2)[C@H](OC(=O)[C@@H](C)c2ccc([N+](=O)[O-])cc2Cl)C1. The number of nitro benzene ring substituents is 1. The second-order valence-corrected chi connectivity index (χ2v) is 9.68. The number of benzene rings is 2. The maximum absolute atomic E-state index is 13.1. The summed E-state index contributed by atoms with van der Waals surface area (Å²) in [6, 6.07) is 14.6. The van der Waals surface area contributed by atoms with Crippen molar-refractivity contribution in [3.63, 3.8) is 0 Å². The first-order valence-electron chi connectivity index (χ1n) is 10.8. The van der Waals surface area contributed by atoms with E-state index in [-0.39, 0.29) is 34.1 Å². The third-order valence-electron chi connectivity index (χ3n) is 6.78. The zero-order chi connectivity index (χ0) is 22.8. The summed E-state index contributed by atoms with van der Waals surface area (Å²) in [4.78, 5) is 23.5. The Morgan fingerprint density at radius 1 is 1.19 bits per heavy atom. The van der Waals surface area contributed by atoms with Gasteiger partial charge in [-0.3, -0.25) is 14.9 Å². The Morgan fingerprint density at radius 2 is 1.87 bits per heavy atom. The fourth-order valence-electron chi connectivity index (χ4n) is 4.73. The lowest BCUT2D eigenvalue weighted by molar-refractivity contribution is -0.384. The molecule has 4 atom stereocenters. The van der Waals surface area contributed by atoms with Crippen LogP contribution in [-0.2, 0) is 14.9 Å². The standard InChI is InChI=1S/C25H30ClNO4/c1-16-10-13-21(25(3,4)18-8-6-5-7-9-18)23(14-16)31-24(28)17(2)20-12-11-19(27(29)30)15-22(20)26/h5-9,11-12,15-17,21,23H,10,13-14H2,1-4H3/t16-,17+,21-,23-/m1/s1. The molecule has 1 fully saturated rings. The van der Waals surface area contributed by atoms with Crippen LogP contribution in [0.4, 0.5) is 5.69 Å². The molecule has 2 aromatic carbocycles. The van der Waals surface area contributed by atoms with Crippen LogP contribution in [0.3, 0.4) is 0 Å². The molecule has 1 aliphatic rings. The highest BCUT2D eigenvalue weighted by atomic mass is 35.5. The summed E-state index contributed by atoms with van der Waals surface area (Å²) in [5.41, 5.74) is 1.54. The van der Waals surface area contributed by atoms with E-state index in [1.807, 2.05) is 18.2 Å². The van der Waals surface area contributed by atoms with Gasteiger partial charge in [0.15, 0.2) is 0 Å². The number of ether oxygens (including phenoxy) is 1. The molecule has 5 nitrogen and oxygen atoms in total. The number of nitrogens with zero attached hydrogens (tertiary/aromatic N) is 1. The van der Waals surface area contributed by atoms with Crippen LogP contribution < -0.4 is 0 Å². The monoisotopic (exact) mass is 443 g/mol. The summed E-state index contributed by atoms with van der Waals surface area (Å²) < 4.78 is 6.10. The Labute approximate surface area is 188 Å². The Morgan fingerprint density at radius 3 is 2.48 bits per heavy atom. The number of non-ortho nitro benzene ring substituents is 1. The molecule has 0 radical (unpaired) electrons. The maximum Gasteiger partial charge on any atom is 0.313 e. The normalized spacial score (nSPS) is 22.5. The average Bonchev–Trinajstić information content (AvgIpc) is 2.73. The highest BCUT2D eigenvalue weighted by Crippen LogP contribution is 2.44. The molecule has 3 rings (SSSR count). The van der Waals surface area contributed by atoms with Gasteiger partial charge in [-0.05, 0) is 48.3 Å². The van der Waals surface area contributed by atoms with E-state index in [1.54, 1.807) is 13.0 Å². The molecule has 166 valence electrons. The number of hydrogen-bond donors (Lipinski definition) is 0. The summed E-state index contributed by atoms with van der Waals surface area (Å²) in [5, 5.41) is 11.2. The summed E-state index contributed by atoms with van der Waals surface area (Å²) in [5.74, 6) is -0.261. The van der Waals surface area contributed by atoms with Crippen molar-refractivity contribution >= 4 is 23.3 Å². The largest absolute Gasteiger partial charge is 0.462 e. The van der Waals surface area contributed by atoms with E-state index in [1.165, 1.54) is 17.7 Å². The minimum atomic E-state index is -0.606. The van der Waals surface area contributed by atoms with Gasteiger partial charge in [-0.15, -0.1) is 0 Å². The molecule has 0 spiro atoms. The third-order valence-corrected chi connectivity index (χ3v) is 7.11. The van der Waals surface area contributed by atoms with Crippen molar-refractivity contribution in [1.82, 2.24) is 0 Å². The number of nitro groups is 1. The molecule has 31 heavy (non-hydrogen) atoms. The topological polar surface area (TPSA) is 69.4 Å². The van der Waals surface area contributed by atoms with Crippen LogP contribution in [0, 0.1) is 22.0 Å². The van der Waals surface area contributed by atoms with Crippen molar-refractivity contribution in [2.75, 3.05) is 0 Å². The summed E-state index contributed by atoms with van der Waals surface area (Å²) in [6.45, 7) is 8.38. The van der Waals surface area contributed by atoms with E-state index in [0.29, 0.717) is 11.5 Å². The van der Waals surface area contributed by atoms with Crippen molar-refractivity contribution in [2.45, 2.75) is 64.4 Å². The molecular weight excluding hydrogens is 414 g/mol. The molecule has 2 aromatic rings. The fraction of sp³-hybridized carbons (Fsp3) is 0.480. The Hall–Kier alpha value is -2.40. The summed E-state index contributed by atoms with van der Waals surface area (Å²) in [6.07, 6.45) is 2.74. The Balaban J connectivity index is 1.81. The lowest BCUT2D eigenvalue weighted by atomic mass is 9.64. The minimum Gasteiger partial charge on any atom is -0.462 e. The van der Waals surface area contributed by atoms with Crippen molar-refractivity contribution in [1.29, 1.82) is 0 Å². The Bertz CT molecular complexity index is 944. The molecule has 1 aliphatic carbocycles. The molecule has 0 aromatic heterocycles. The Kier molecular flexibility index (Phi) is 7.05. The third kappa shape index (κ3) is 5.09. The first-order valence-corrected chi connectivity index (χ1v) is 11.2. The highest BCUT2D eigenvalue weighted by Gasteiger charge is 2.42. The fourth-order valence-corrected chi connectivity index (χ4v) is 5.06. The van der Waals surface area contributed by atoms with Gasteiger partial charge in [0.05, 0.1) is 15.9 Å². The molecular formula is C25H30ClNO4. The quantitative estimate of drug-likeness (QED) is 0.283. The van der Waals surface area contributed by atoms with Crippen molar-refractivity contribution in [3.05, 3.63) is 74.8 Å². The zero-order valence-electron chi connectivity index (χ0n) is 18.5. The van der Waals surface area contributed by atoms with Crippen molar-refractivity contribution < 1.29 is 14.5 Å². The van der Waals surface area contributed by atoms with E-state index in [4.69, 9.17) is 16.3 Å². The molecule has 0 saturated heterocycles. The van der Waals surface area contributed by atoms with Crippen LogP contribution >= 0.6 is 11.6 Å².